The van der Waals surface area contributed by atoms with Crippen LogP contribution in [0, 0.1) is 6.92 Å². The first-order chi connectivity index (χ1) is 8.95. The lowest BCUT2D eigenvalue weighted by Crippen LogP contribution is -2.24. The van der Waals surface area contributed by atoms with Crippen LogP contribution in [-0.4, -0.2) is 31.3 Å². The minimum Gasteiger partial charge on any atom is -0.494 e. The summed E-state index contributed by atoms with van der Waals surface area (Å²) in [4.78, 5) is 47.3. The molecule has 0 aromatic carbocycles. The molecule has 0 spiro atoms. The second-order valence-corrected chi connectivity index (χ2v) is 3.64. The van der Waals surface area contributed by atoms with Crippen LogP contribution in [0.4, 0.5) is 5.95 Å². The number of aromatic nitrogens is 4. The van der Waals surface area contributed by atoms with Crippen LogP contribution in [0.3, 0.4) is 0 Å². The zero-order chi connectivity index (χ0) is 14.0. The summed E-state index contributed by atoms with van der Waals surface area (Å²) in [6, 6.07) is 1.28. The predicted octanol–water partition coefficient (Wildman–Crippen LogP) is -1.09. The third-order valence-corrected chi connectivity index (χ3v) is 2.13. The van der Waals surface area contributed by atoms with E-state index in [2.05, 4.69) is 15.0 Å². The summed E-state index contributed by atoms with van der Waals surface area (Å²) in [5.41, 5.74) is -1.82. The van der Waals surface area contributed by atoms with Gasteiger partial charge in [-0.2, -0.15) is 0 Å². The number of aromatic hydroxyl groups is 1. The van der Waals surface area contributed by atoms with Gasteiger partial charge in [-0.3, -0.25) is 24.5 Å². The lowest BCUT2D eigenvalue weighted by molar-refractivity contribution is 0.447. The molecule has 2 heterocycles. The molecule has 2 aromatic rings. The first kappa shape index (κ1) is 12.5. The molecule has 4 N–H and O–H groups in total. The van der Waals surface area contributed by atoms with Crippen molar-refractivity contribution < 1.29 is 5.11 Å². The Balaban J connectivity index is 2.46. The third kappa shape index (κ3) is 2.83. The van der Waals surface area contributed by atoms with Crippen LogP contribution >= 0.6 is 0 Å². The quantitative estimate of drug-likeness (QED) is 0.509. The SMILES string of the molecule is Cc1cc(=O)[nH]c(/N=C/c2c(O)[nH]c(=O)[nH]c2=O)n1. The number of aryl methyl sites for hydroxylation is 1. The average molecular weight is 263 g/mol. The zero-order valence-electron chi connectivity index (χ0n) is 9.72. The van der Waals surface area contributed by atoms with Crippen LogP contribution in [0.1, 0.15) is 11.3 Å². The minimum atomic E-state index is -0.832. The van der Waals surface area contributed by atoms with Gasteiger partial charge in [-0.05, 0) is 6.92 Å². The smallest absolute Gasteiger partial charge is 0.328 e. The highest BCUT2D eigenvalue weighted by Crippen LogP contribution is 2.05. The first-order valence-corrected chi connectivity index (χ1v) is 5.13. The van der Waals surface area contributed by atoms with Crippen molar-refractivity contribution in [3.8, 4) is 5.88 Å². The van der Waals surface area contributed by atoms with Gasteiger partial charge in [0.05, 0.1) is 0 Å². The van der Waals surface area contributed by atoms with E-state index in [1.165, 1.54) is 6.07 Å². The maximum absolute atomic E-state index is 11.4. The summed E-state index contributed by atoms with van der Waals surface area (Å²) in [6.45, 7) is 1.61. The monoisotopic (exact) mass is 263 g/mol. The van der Waals surface area contributed by atoms with Gasteiger partial charge in [0, 0.05) is 18.0 Å². The summed E-state index contributed by atoms with van der Waals surface area (Å²) in [5, 5.41) is 9.40. The molecule has 0 radical (unpaired) electrons. The molecular formula is C10H9N5O4. The van der Waals surface area contributed by atoms with Crippen molar-refractivity contribution in [2.24, 2.45) is 4.99 Å². The van der Waals surface area contributed by atoms with E-state index in [4.69, 9.17) is 0 Å². The van der Waals surface area contributed by atoms with Crippen molar-refractivity contribution >= 4 is 12.2 Å². The fourth-order valence-corrected chi connectivity index (χ4v) is 1.35. The molecule has 0 bridgehead atoms. The van der Waals surface area contributed by atoms with Gasteiger partial charge in [-0.15, -0.1) is 0 Å². The molecule has 0 unspecified atom stereocenters. The Morgan fingerprint density at radius 1 is 1.26 bits per heavy atom. The molecule has 19 heavy (non-hydrogen) atoms. The molecule has 98 valence electrons. The van der Waals surface area contributed by atoms with E-state index < -0.39 is 17.1 Å². The van der Waals surface area contributed by atoms with Crippen molar-refractivity contribution in [2.45, 2.75) is 6.92 Å². The molecule has 2 aromatic heterocycles. The number of rotatable bonds is 2. The van der Waals surface area contributed by atoms with Gasteiger partial charge >= 0.3 is 5.69 Å². The fraction of sp³-hybridized carbons (Fsp3) is 0.100. The highest BCUT2D eigenvalue weighted by molar-refractivity contribution is 5.83. The van der Waals surface area contributed by atoms with Gasteiger partial charge in [0.25, 0.3) is 11.1 Å². The standard InChI is InChI=1S/C10H9N5O4/c1-4-2-6(16)13-9(12-4)11-3-5-7(17)14-10(19)15-8(5)18/h2-3H,1H3,(H,12,13,16)(H3,14,15,17,18,19)/b11-3+. The second-order valence-electron chi connectivity index (χ2n) is 3.64. The molecule has 0 amide bonds. The molecule has 0 aliphatic heterocycles. The van der Waals surface area contributed by atoms with Crippen molar-refractivity contribution in [2.75, 3.05) is 0 Å². The Bertz CT molecular complexity index is 814. The van der Waals surface area contributed by atoms with Crippen LogP contribution in [0.2, 0.25) is 0 Å². The van der Waals surface area contributed by atoms with Gasteiger partial charge in [0.1, 0.15) is 5.56 Å². The van der Waals surface area contributed by atoms with Gasteiger partial charge in [-0.25, -0.2) is 14.8 Å². The van der Waals surface area contributed by atoms with E-state index in [1.807, 2.05) is 9.97 Å². The largest absolute Gasteiger partial charge is 0.494 e. The van der Waals surface area contributed by atoms with E-state index in [-0.39, 0.29) is 17.1 Å². The van der Waals surface area contributed by atoms with Crippen molar-refractivity contribution in [1.29, 1.82) is 0 Å². The number of H-pyrrole nitrogens is 3. The molecular weight excluding hydrogens is 254 g/mol. The summed E-state index contributed by atoms with van der Waals surface area (Å²) < 4.78 is 0. The van der Waals surface area contributed by atoms with Gasteiger partial charge < -0.3 is 5.11 Å². The molecule has 0 aliphatic rings. The van der Waals surface area contributed by atoms with Gasteiger partial charge in [0.15, 0.2) is 0 Å². The Morgan fingerprint density at radius 3 is 2.63 bits per heavy atom. The molecule has 9 heteroatoms. The highest BCUT2D eigenvalue weighted by atomic mass is 16.3. The maximum Gasteiger partial charge on any atom is 0.328 e. The van der Waals surface area contributed by atoms with Crippen LogP contribution in [0.15, 0.2) is 25.4 Å². The first-order valence-electron chi connectivity index (χ1n) is 5.13. The second kappa shape index (κ2) is 4.72. The highest BCUT2D eigenvalue weighted by Gasteiger charge is 2.05. The Hall–Kier alpha value is -2.97. The number of hydrogen-bond donors (Lipinski definition) is 4. The third-order valence-electron chi connectivity index (χ3n) is 2.13. The van der Waals surface area contributed by atoms with E-state index in [0.717, 1.165) is 6.21 Å². The molecule has 9 nitrogen and oxygen atoms in total. The van der Waals surface area contributed by atoms with Crippen molar-refractivity contribution in [1.82, 2.24) is 19.9 Å². The number of nitrogens with zero attached hydrogens (tertiary/aromatic N) is 2. The molecule has 0 saturated carbocycles. The summed E-state index contributed by atoms with van der Waals surface area (Å²) in [6.07, 6.45) is 0.988. The lowest BCUT2D eigenvalue weighted by atomic mass is 10.3. The van der Waals surface area contributed by atoms with Crippen LogP contribution < -0.4 is 16.8 Å². The molecule has 0 fully saturated rings. The Morgan fingerprint density at radius 2 is 2.00 bits per heavy atom. The van der Waals surface area contributed by atoms with Crippen molar-refractivity contribution in [3.63, 3.8) is 0 Å². The molecule has 0 atom stereocenters. The fourth-order valence-electron chi connectivity index (χ4n) is 1.35. The number of hydrogen-bond acceptors (Lipinski definition) is 6. The summed E-state index contributed by atoms with van der Waals surface area (Å²) >= 11 is 0. The zero-order valence-corrected chi connectivity index (χ0v) is 9.72. The van der Waals surface area contributed by atoms with Crippen molar-refractivity contribution in [3.05, 3.63) is 48.5 Å². The predicted molar refractivity (Wildman–Crippen MR) is 66.2 cm³/mol. The Labute approximate surface area is 104 Å². The molecule has 2 rings (SSSR count). The van der Waals surface area contributed by atoms with Crippen LogP contribution in [0.5, 0.6) is 5.88 Å². The van der Waals surface area contributed by atoms with Crippen LogP contribution in [0.25, 0.3) is 0 Å². The normalized spacial score (nSPS) is 11.0. The lowest BCUT2D eigenvalue weighted by Gasteiger charge is -1.96. The average Bonchev–Trinajstić information content (AvgIpc) is 2.25. The molecule has 0 saturated heterocycles. The number of nitrogens with one attached hydrogen (secondary N) is 3. The topological polar surface area (TPSA) is 144 Å². The van der Waals surface area contributed by atoms with E-state index >= 15 is 0 Å². The van der Waals surface area contributed by atoms with E-state index in [1.54, 1.807) is 6.92 Å². The van der Waals surface area contributed by atoms with E-state index in [0.29, 0.717) is 5.69 Å². The van der Waals surface area contributed by atoms with Gasteiger partial charge in [-0.1, -0.05) is 0 Å². The maximum atomic E-state index is 11.4. The Kier molecular flexibility index (Phi) is 3.10. The minimum absolute atomic E-state index is 0.0185. The number of aliphatic imine (C=N–C) groups is 1. The summed E-state index contributed by atoms with van der Waals surface area (Å²) in [7, 11) is 0. The van der Waals surface area contributed by atoms with E-state index in [9.17, 15) is 19.5 Å². The van der Waals surface area contributed by atoms with Gasteiger partial charge in [0.2, 0.25) is 11.8 Å². The molecule has 0 aliphatic carbocycles. The van der Waals surface area contributed by atoms with Crippen LogP contribution in [-0.2, 0) is 0 Å². The summed E-state index contributed by atoms with van der Waals surface area (Å²) in [5.74, 6) is -0.637. The number of aromatic amines is 3.